The lowest BCUT2D eigenvalue weighted by Crippen LogP contribution is -1.95. The van der Waals surface area contributed by atoms with Crippen LogP contribution in [0.15, 0.2) is 46.2 Å². The largest absolute Gasteiger partial charge is 0.493 e. The summed E-state index contributed by atoms with van der Waals surface area (Å²) < 4.78 is 24.0. The van der Waals surface area contributed by atoms with Crippen molar-refractivity contribution in [3.63, 3.8) is 0 Å². The van der Waals surface area contributed by atoms with E-state index in [4.69, 9.17) is 15.2 Å². The van der Waals surface area contributed by atoms with Gasteiger partial charge in [-0.25, -0.2) is 4.39 Å². The van der Waals surface area contributed by atoms with Gasteiger partial charge in [0.05, 0.1) is 14.2 Å². The Morgan fingerprint density at radius 1 is 1.00 bits per heavy atom. The minimum atomic E-state index is -0.276. The fourth-order valence-electron chi connectivity index (χ4n) is 1.61. The van der Waals surface area contributed by atoms with Crippen LogP contribution in [-0.2, 0) is 0 Å². The molecule has 0 bridgehead atoms. The monoisotopic (exact) mass is 279 g/mol. The molecule has 3 nitrogen and oxygen atoms in total. The molecular weight excluding hydrogens is 265 g/mol. The standard InChI is InChI=1S/C14H14FNO2S/c1-17-11-7-10(16)14(8-12(11)18-2)19-13-6-4-3-5-9(13)15/h3-8H,16H2,1-2H3. The van der Waals surface area contributed by atoms with Crippen LogP contribution in [0.4, 0.5) is 10.1 Å². The number of benzene rings is 2. The zero-order valence-electron chi connectivity index (χ0n) is 10.6. The molecule has 100 valence electrons. The van der Waals surface area contributed by atoms with Crippen molar-refractivity contribution < 1.29 is 13.9 Å². The van der Waals surface area contributed by atoms with E-state index in [0.29, 0.717) is 22.1 Å². The van der Waals surface area contributed by atoms with Crippen LogP contribution < -0.4 is 15.2 Å². The van der Waals surface area contributed by atoms with E-state index in [-0.39, 0.29) is 5.82 Å². The topological polar surface area (TPSA) is 44.5 Å². The van der Waals surface area contributed by atoms with E-state index < -0.39 is 0 Å². The summed E-state index contributed by atoms with van der Waals surface area (Å²) in [4.78, 5) is 1.24. The molecule has 0 unspecified atom stereocenters. The van der Waals surface area contributed by atoms with Crippen LogP contribution in [0.5, 0.6) is 11.5 Å². The molecule has 0 aliphatic rings. The SMILES string of the molecule is COc1cc(N)c(Sc2ccccc2F)cc1OC. The molecule has 0 amide bonds. The number of nitrogens with two attached hydrogens (primary N) is 1. The maximum atomic E-state index is 13.6. The molecule has 0 aliphatic carbocycles. The Hall–Kier alpha value is -1.88. The molecule has 2 aromatic rings. The van der Waals surface area contributed by atoms with E-state index >= 15 is 0 Å². The van der Waals surface area contributed by atoms with Gasteiger partial charge in [-0.2, -0.15) is 0 Å². The van der Waals surface area contributed by atoms with Crippen molar-refractivity contribution in [1.29, 1.82) is 0 Å². The number of rotatable bonds is 4. The van der Waals surface area contributed by atoms with Crippen LogP contribution in [-0.4, -0.2) is 14.2 Å². The summed E-state index contributed by atoms with van der Waals surface area (Å²) in [7, 11) is 3.09. The van der Waals surface area contributed by atoms with Crippen LogP contribution in [0.25, 0.3) is 0 Å². The smallest absolute Gasteiger partial charge is 0.162 e. The van der Waals surface area contributed by atoms with Crippen LogP contribution in [0.2, 0.25) is 0 Å². The van der Waals surface area contributed by atoms with Crippen LogP contribution in [0.1, 0.15) is 0 Å². The third-order valence-electron chi connectivity index (χ3n) is 2.57. The van der Waals surface area contributed by atoms with E-state index in [1.165, 1.54) is 17.8 Å². The summed E-state index contributed by atoms with van der Waals surface area (Å²) in [6, 6.07) is 9.96. The van der Waals surface area contributed by atoms with Gasteiger partial charge in [0.15, 0.2) is 11.5 Å². The van der Waals surface area contributed by atoms with Gasteiger partial charge < -0.3 is 15.2 Å². The summed E-state index contributed by atoms with van der Waals surface area (Å²) >= 11 is 1.25. The molecule has 19 heavy (non-hydrogen) atoms. The molecule has 0 saturated carbocycles. The normalized spacial score (nSPS) is 10.3. The molecule has 5 heteroatoms. The highest BCUT2D eigenvalue weighted by atomic mass is 32.2. The third-order valence-corrected chi connectivity index (χ3v) is 3.70. The van der Waals surface area contributed by atoms with Crippen molar-refractivity contribution in [2.75, 3.05) is 20.0 Å². The maximum Gasteiger partial charge on any atom is 0.162 e. The Morgan fingerprint density at radius 3 is 2.26 bits per heavy atom. The molecule has 2 aromatic carbocycles. The van der Waals surface area contributed by atoms with Gasteiger partial charge in [0, 0.05) is 21.5 Å². The minimum Gasteiger partial charge on any atom is -0.493 e. The van der Waals surface area contributed by atoms with E-state index in [1.54, 1.807) is 44.6 Å². The second-order valence-corrected chi connectivity index (χ2v) is 4.86. The molecule has 0 aromatic heterocycles. The fourth-order valence-corrected chi connectivity index (χ4v) is 2.50. The Labute approximate surface area is 115 Å². The van der Waals surface area contributed by atoms with Gasteiger partial charge in [0.2, 0.25) is 0 Å². The molecule has 0 saturated heterocycles. The zero-order valence-corrected chi connectivity index (χ0v) is 11.5. The summed E-state index contributed by atoms with van der Waals surface area (Å²) in [6.45, 7) is 0. The van der Waals surface area contributed by atoms with Gasteiger partial charge in [0.1, 0.15) is 5.82 Å². The summed E-state index contributed by atoms with van der Waals surface area (Å²) in [5.74, 6) is 0.843. The highest BCUT2D eigenvalue weighted by Crippen LogP contribution is 2.40. The second-order valence-electron chi connectivity index (χ2n) is 3.78. The number of nitrogen functional groups attached to an aromatic ring is 1. The molecule has 0 atom stereocenters. The maximum absolute atomic E-state index is 13.6. The van der Waals surface area contributed by atoms with Gasteiger partial charge >= 0.3 is 0 Å². The number of methoxy groups -OCH3 is 2. The lowest BCUT2D eigenvalue weighted by atomic mass is 10.3. The molecule has 0 aliphatic heterocycles. The molecule has 0 heterocycles. The van der Waals surface area contributed by atoms with Crippen LogP contribution in [0.3, 0.4) is 0 Å². The summed E-state index contributed by atoms with van der Waals surface area (Å²) in [6.07, 6.45) is 0. The average molecular weight is 279 g/mol. The second kappa shape index (κ2) is 5.84. The van der Waals surface area contributed by atoms with Crippen molar-refractivity contribution >= 4 is 17.4 Å². The van der Waals surface area contributed by atoms with Gasteiger partial charge in [-0.15, -0.1) is 0 Å². The van der Waals surface area contributed by atoms with Crippen molar-refractivity contribution in [2.24, 2.45) is 0 Å². The Bertz CT molecular complexity index is 590. The first-order chi connectivity index (χ1) is 9.15. The first-order valence-electron chi connectivity index (χ1n) is 5.59. The number of halogens is 1. The predicted molar refractivity (Wildman–Crippen MR) is 74.5 cm³/mol. The highest BCUT2D eigenvalue weighted by molar-refractivity contribution is 7.99. The Kier molecular flexibility index (Phi) is 4.16. The van der Waals surface area contributed by atoms with Crippen molar-refractivity contribution in [3.8, 4) is 11.5 Å². The van der Waals surface area contributed by atoms with Crippen LogP contribution >= 0.6 is 11.8 Å². The van der Waals surface area contributed by atoms with E-state index in [0.717, 1.165) is 4.90 Å². The van der Waals surface area contributed by atoms with Gasteiger partial charge in [-0.3, -0.25) is 0 Å². The number of anilines is 1. The molecule has 0 fully saturated rings. The number of hydrogen-bond acceptors (Lipinski definition) is 4. The van der Waals surface area contributed by atoms with Crippen molar-refractivity contribution in [3.05, 3.63) is 42.2 Å². The lowest BCUT2D eigenvalue weighted by Gasteiger charge is -2.12. The minimum absolute atomic E-state index is 0.276. The van der Waals surface area contributed by atoms with Crippen molar-refractivity contribution in [1.82, 2.24) is 0 Å². The first-order valence-corrected chi connectivity index (χ1v) is 6.41. The van der Waals surface area contributed by atoms with E-state index in [2.05, 4.69) is 0 Å². The van der Waals surface area contributed by atoms with Gasteiger partial charge in [-0.1, -0.05) is 23.9 Å². The first kappa shape index (κ1) is 13.5. The quantitative estimate of drug-likeness (QED) is 0.869. The average Bonchev–Trinajstić information content (AvgIpc) is 2.42. The molecule has 0 radical (unpaired) electrons. The number of hydrogen-bond donors (Lipinski definition) is 1. The number of ether oxygens (including phenoxy) is 2. The van der Waals surface area contributed by atoms with Crippen molar-refractivity contribution in [2.45, 2.75) is 9.79 Å². The molecule has 2 rings (SSSR count). The molecular formula is C14H14FNO2S. The zero-order chi connectivity index (χ0) is 13.8. The summed E-state index contributed by atoms with van der Waals surface area (Å²) in [5.41, 5.74) is 6.46. The molecule has 0 spiro atoms. The Balaban J connectivity index is 2.38. The molecule has 2 N–H and O–H groups in total. The lowest BCUT2D eigenvalue weighted by molar-refractivity contribution is 0.354. The Morgan fingerprint density at radius 2 is 1.63 bits per heavy atom. The third kappa shape index (κ3) is 2.93. The van der Waals surface area contributed by atoms with Gasteiger partial charge in [-0.05, 0) is 18.2 Å². The van der Waals surface area contributed by atoms with Crippen LogP contribution in [0, 0.1) is 5.82 Å². The predicted octanol–water partition coefficient (Wildman–Crippen LogP) is 3.58. The van der Waals surface area contributed by atoms with E-state index in [1.807, 2.05) is 0 Å². The van der Waals surface area contributed by atoms with Gasteiger partial charge in [0.25, 0.3) is 0 Å². The fraction of sp³-hybridized carbons (Fsp3) is 0.143. The highest BCUT2D eigenvalue weighted by Gasteiger charge is 2.12. The summed E-state index contributed by atoms with van der Waals surface area (Å²) in [5, 5.41) is 0. The van der Waals surface area contributed by atoms with E-state index in [9.17, 15) is 4.39 Å².